The SMILES string of the molecule is CCC(C)NC(=O)C(Cc1ccccc1)N(Cc1ccc(Cl)c(Cl)c1)C(=O)CN(c1cccc(Br)c1)S(=O)(=O)c1ccc(C)cc1. The fraction of sp³-hybridized carbons (Fsp3) is 0.257. The quantitative estimate of drug-likeness (QED) is 0.151. The maximum absolute atomic E-state index is 14.6. The molecule has 0 radical (unpaired) electrons. The minimum Gasteiger partial charge on any atom is -0.352 e. The van der Waals surface area contributed by atoms with Crippen LogP contribution in [-0.2, 0) is 32.6 Å². The van der Waals surface area contributed by atoms with Gasteiger partial charge in [0.1, 0.15) is 12.6 Å². The van der Waals surface area contributed by atoms with E-state index in [0.29, 0.717) is 32.2 Å². The normalized spacial score (nSPS) is 12.7. The number of carbonyl (C=O) groups is 2. The summed E-state index contributed by atoms with van der Waals surface area (Å²) in [7, 11) is -4.20. The molecule has 0 saturated heterocycles. The van der Waals surface area contributed by atoms with Crippen LogP contribution in [0.5, 0.6) is 0 Å². The van der Waals surface area contributed by atoms with Gasteiger partial charge in [-0.25, -0.2) is 8.42 Å². The predicted molar refractivity (Wildman–Crippen MR) is 189 cm³/mol. The highest BCUT2D eigenvalue weighted by atomic mass is 79.9. The molecule has 0 aliphatic heterocycles. The molecule has 4 aromatic carbocycles. The fourth-order valence-electron chi connectivity index (χ4n) is 4.83. The molecule has 0 aromatic heterocycles. The van der Waals surface area contributed by atoms with Crippen molar-refractivity contribution < 1.29 is 18.0 Å². The lowest BCUT2D eigenvalue weighted by Gasteiger charge is -2.34. The molecule has 11 heteroatoms. The molecule has 0 bridgehead atoms. The van der Waals surface area contributed by atoms with Crippen LogP contribution in [0.25, 0.3) is 0 Å². The Labute approximate surface area is 289 Å². The molecule has 46 heavy (non-hydrogen) atoms. The molecule has 4 rings (SSSR count). The molecular weight excluding hydrogens is 709 g/mol. The molecule has 7 nitrogen and oxygen atoms in total. The molecule has 242 valence electrons. The van der Waals surface area contributed by atoms with Crippen molar-refractivity contribution in [3.05, 3.63) is 128 Å². The second kappa shape index (κ2) is 16.0. The standard InChI is InChI=1S/C35H36BrCl2N3O4S/c1-4-25(3)39-35(43)33(20-26-9-6-5-7-10-26)40(22-27-15-18-31(37)32(38)19-27)34(42)23-41(29-12-8-11-28(36)21-29)46(44,45)30-16-13-24(2)14-17-30/h5-19,21,25,33H,4,20,22-23H2,1-3H3,(H,39,43). The number of sulfonamides is 1. The molecule has 1 N–H and O–H groups in total. The zero-order valence-electron chi connectivity index (χ0n) is 25.8. The van der Waals surface area contributed by atoms with E-state index < -0.39 is 28.5 Å². The third-order valence-electron chi connectivity index (χ3n) is 7.59. The van der Waals surface area contributed by atoms with Gasteiger partial charge in [0.05, 0.1) is 20.6 Å². The third kappa shape index (κ3) is 9.12. The molecule has 0 heterocycles. The number of nitrogens with zero attached hydrogens (tertiary/aromatic N) is 2. The van der Waals surface area contributed by atoms with Crippen LogP contribution in [0.15, 0.2) is 106 Å². The van der Waals surface area contributed by atoms with Crippen molar-refractivity contribution in [1.29, 1.82) is 0 Å². The third-order valence-corrected chi connectivity index (χ3v) is 10.6. The van der Waals surface area contributed by atoms with Crippen molar-refractivity contribution in [2.24, 2.45) is 0 Å². The molecule has 0 fully saturated rings. The average Bonchev–Trinajstić information content (AvgIpc) is 3.03. The minimum absolute atomic E-state index is 0.0158. The van der Waals surface area contributed by atoms with Crippen molar-refractivity contribution in [2.75, 3.05) is 10.8 Å². The molecule has 2 unspecified atom stereocenters. The molecule has 0 aliphatic rings. The van der Waals surface area contributed by atoms with Crippen LogP contribution in [0.3, 0.4) is 0 Å². The van der Waals surface area contributed by atoms with E-state index in [0.717, 1.165) is 15.4 Å². The van der Waals surface area contributed by atoms with E-state index in [-0.39, 0.29) is 29.8 Å². The van der Waals surface area contributed by atoms with Gasteiger partial charge in [0, 0.05) is 23.5 Å². The van der Waals surface area contributed by atoms with Crippen LogP contribution in [0, 0.1) is 6.92 Å². The van der Waals surface area contributed by atoms with E-state index in [9.17, 15) is 18.0 Å². The summed E-state index contributed by atoms with van der Waals surface area (Å²) < 4.78 is 30.0. The highest BCUT2D eigenvalue weighted by molar-refractivity contribution is 9.10. The van der Waals surface area contributed by atoms with Crippen LogP contribution in [0.4, 0.5) is 5.69 Å². The Kier molecular flexibility index (Phi) is 12.3. The lowest BCUT2D eigenvalue weighted by molar-refractivity contribution is -0.140. The number of hydrogen-bond acceptors (Lipinski definition) is 4. The van der Waals surface area contributed by atoms with E-state index in [1.165, 1.54) is 17.0 Å². The molecule has 0 spiro atoms. The summed E-state index contributed by atoms with van der Waals surface area (Å²) in [5.74, 6) is -0.913. The van der Waals surface area contributed by atoms with E-state index in [4.69, 9.17) is 23.2 Å². The monoisotopic (exact) mass is 743 g/mol. The van der Waals surface area contributed by atoms with Crippen LogP contribution < -0.4 is 9.62 Å². The zero-order chi connectivity index (χ0) is 33.4. The molecule has 0 aliphatic carbocycles. The van der Waals surface area contributed by atoms with Gasteiger partial charge in [0.25, 0.3) is 10.0 Å². The first-order chi connectivity index (χ1) is 21.9. The Morgan fingerprint density at radius 2 is 1.57 bits per heavy atom. The van der Waals surface area contributed by atoms with Gasteiger partial charge in [-0.2, -0.15) is 0 Å². The number of amides is 2. The lowest BCUT2D eigenvalue weighted by Crippen LogP contribution is -2.54. The number of hydrogen-bond donors (Lipinski definition) is 1. The van der Waals surface area contributed by atoms with Crippen molar-refractivity contribution in [3.8, 4) is 0 Å². The van der Waals surface area contributed by atoms with Gasteiger partial charge in [-0.3, -0.25) is 13.9 Å². The topological polar surface area (TPSA) is 86.8 Å². The summed E-state index contributed by atoms with van der Waals surface area (Å²) >= 11 is 16.0. The van der Waals surface area contributed by atoms with Gasteiger partial charge in [-0.05, 0) is 73.9 Å². The van der Waals surface area contributed by atoms with Crippen molar-refractivity contribution in [3.63, 3.8) is 0 Å². The first-order valence-corrected chi connectivity index (χ1v) is 17.8. The summed E-state index contributed by atoms with van der Waals surface area (Å²) in [5, 5.41) is 3.68. The summed E-state index contributed by atoms with van der Waals surface area (Å²) in [6.45, 7) is 5.14. The Morgan fingerprint density at radius 1 is 0.870 bits per heavy atom. The largest absolute Gasteiger partial charge is 0.352 e. The molecule has 4 aromatic rings. The number of halogens is 3. The van der Waals surface area contributed by atoms with Gasteiger partial charge in [0.15, 0.2) is 0 Å². The molecule has 2 amide bonds. The van der Waals surface area contributed by atoms with Crippen molar-refractivity contribution in [1.82, 2.24) is 10.2 Å². The first kappa shape index (κ1) is 35.5. The van der Waals surface area contributed by atoms with Crippen LogP contribution in [0.1, 0.15) is 37.0 Å². The average molecular weight is 746 g/mol. The molecule has 2 atom stereocenters. The number of carbonyl (C=O) groups excluding carboxylic acids is 2. The van der Waals surface area contributed by atoms with Gasteiger partial charge < -0.3 is 10.2 Å². The molecule has 0 saturated carbocycles. The van der Waals surface area contributed by atoms with E-state index >= 15 is 0 Å². The van der Waals surface area contributed by atoms with Crippen molar-refractivity contribution >= 4 is 66.7 Å². The van der Waals surface area contributed by atoms with Gasteiger partial charge in [-0.1, -0.05) is 106 Å². The Hall–Kier alpha value is -3.37. The van der Waals surface area contributed by atoms with Gasteiger partial charge in [0.2, 0.25) is 11.8 Å². The summed E-state index contributed by atoms with van der Waals surface area (Å²) in [4.78, 5) is 30.0. The van der Waals surface area contributed by atoms with E-state index in [2.05, 4.69) is 21.2 Å². The van der Waals surface area contributed by atoms with Crippen LogP contribution in [0.2, 0.25) is 10.0 Å². The molecular formula is C35H36BrCl2N3O4S. The number of anilines is 1. The summed E-state index contributed by atoms with van der Waals surface area (Å²) in [5.41, 5.74) is 2.66. The smallest absolute Gasteiger partial charge is 0.264 e. The summed E-state index contributed by atoms with van der Waals surface area (Å²) in [6, 6.07) is 26.5. The van der Waals surface area contributed by atoms with Gasteiger partial charge >= 0.3 is 0 Å². The Bertz CT molecular complexity index is 1770. The Balaban J connectivity index is 1.82. The highest BCUT2D eigenvalue weighted by Gasteiger charge is 2.35. The van der Waals surface area contributed by atoms with Gasteiger partial charge in [-0.15, -0.1) is 0 Å². The lowest BCUT2D eigenvalue weighted by atomic mass is 10.0. The first-order valence-electron chi connectivity index (χ1n) is 14.8. The van der Waals surface area contributed by atoms with Crippen LogP contribution in [-0.4, -0.2) is 43.8 Å². The summed E-state index contributed by atoms with van der Waals surface area (Å²) in [6.07, 6.45) is 0.897. The van der Waals surface area contributed by atoms with Crippen LogP contribution >= 0.6 is 39.1 Å². The number of benzene rings is 4. The minimum atomic E-state index is -4.20. The number of aryl methyl sites for hydroxylation is 1. The number of nitrogens with one attached hydrogen (secondary N) is 1. The predicted octanol–water partition coefficient (Wildman–Crippen LogP) is 7.81. The maximum Gasteiger partial charge on any atom is 0.264 e. The van der Waals surface area contributed by atoms with E-state index in [1.807, 2.05) is 51.1 Å². The fourth-order valence-corrected chi connectivity index (χ4v) is 6.94. The van der Waals surface area contributed by atoms with E-state index in [1.54, 1.807) is 54.6 Å². The zero-order valence-corrected chi connectivity index (χ0v) is 29.7. The highest BCUT2D eigenvalue weighted by Crippen LogP contribution is 2.28. The van der Waals surface area contributed by atoms with Crippen molar-refractivity contribution in [2.45, 2.75) is 57.1 Å². The second-order valence-electron chi connectivity index (χ2n) is 11.1. The maximum atomic E-state index is 14.6. The second-order valence-corrected chi connectivity index (χ2v) is 14.7. The number of rotatable bonds is 13. The Morgan fingerprint density at radius 3 is 2.20 bits per heavy atom.